The lowest BCUT2D eigenvalue weighted by Gasteiger charge is -2.36. The second-order valence-electron chi connectivity index (χ2n) is 6.96. The van der Waals surface area contributed by atoms with Crippen LogP contribution >= 0.6 is 0 Å². The summed E-state index contributed by atoms with van der Waals surface area (Å²) in [6.07, 6.45) is 1.39. The van der Waals surface area contributed by atoms with Gasteiger partial charge in [-0.25, -0.2) is 18.7 Å². The summed E-state index contributed by atoms with van der Waals surface area (Å²) in [4.78, 5) is 12.9. The van der Waals surface area contributed by atoms with Crippen LogP contribution in [0.1, 0.15) is 5.56 Å². The molecule has 0 amide bonds. The van der Waals surface area contributed by atoms with E-state index >= 15 is 0 Å². The lowest BCUT2D eigenvalue weighted by atomic mass is 10.2. The van der Waals surface area contributed by atoms with Crippen LogP contribution in [-0.2, 0) is 6.54 Å². The highest BCUT2D eigenvalue weighted by molar-refractivity contribution is 5.78. The zero-order chi connectivity index (χ0) is 20.2. The summed E-state index contributed by atoms with van der Waals surface area (Å²) in [5.41, 5.74) is 8.00. The molecule has 1 aromatic heterocycles. The number of nitrogens with zero attached hydrogens (tertiary/aromatic N) is 4. The number of anilines is 4. The van der Waals surface area contributed by atoms with Crippen LogP contribution in [0.4, 0.5) is 31.8 Å². The number of nitrogens with one attached hydrogen (secondary N) is 1. The first-order valence-electron chi connectivity index (χ1n) is 9.44. The van der Waals surface area contributed by atoms with E-state index < -0.39 is 11.6 Å². The molecule has 3 aromatic rings. The second kappa shape index (κ2) is 8.40. The Bertz CT molecular complexity index is 974. The van der Waals surface area contributed by atoms with Gasteiger partial charge in [0.15, 0.2) is 11.6 Å². The molecular weight excluding hydrogens is 374 g/mol. The third-order valence-electron chi connectivity index (χ3n) is 4.97. The molecule has 1 aliphatic heterocycles. The van der Waals surface area contributed by atoms with Crippen molar-refractivity contribution in [3.8, 4) is 0 Å². The number of hydrogen-bond acceptors (Lipinski definition) is 6. The standard InChI is InChI=1S/C21H22F2N6/c22-16-6-7-18(17(23)12-16)27-20-19(24)21(26-14-25-20)29-10-8-28(9-11-29)13-15-4-2-1-3-5-15/h1-7,12,14H,8-11,13,24H2,(H,25,26,27). The summed E-state index contributed by atoms with van der Waals surface area (Å²) in [5.74, 6) is -0.437. The Hall–Kier alpha value is -3.26. The smallest absolute Gasteiger partial charge is 0.159 e. The van der Waals surface area contributed by atoms with Gasteiger partial charge in [0.1, 0.15) is 23.6 Å². The van der Waals surface area contributed by atoms with Crippen molar-refractivity contribution >= 4 is 23.0 Å². The van der Waals surface area contributed by atoms with Gasteiger partial charge in [0, 0.05) is 38.8 Å². The Morgan fingerprint density at radius 3 is 2.45 bits per heavy atom. The predicted molar refractivity (Wildman–Crippen MR) is 110 cm³/mol. The van der Waals surface area contributed by atoms with Gasteiger partial charge in [-0.1, -0.05) is 30.3 Å². The average molecular weight is 396 g/mol. The van der Waals surface area contributed by atoms with E-state index in [0.717, 1.165) is 38.8 Å². The van der Waals surface area contributed by atoms with Gasteiger partial charge < -0.3 is 16.0 Å². The van der Waals surface area contributed by atoms with Crippen molar-refractivity contribution in [1.82, 2.24) is 14.9 Å². The molecule has 8 heteroatoms. The van der Waals surface area contributed by atoms with Gasteiger partial charge in [-0.2, -0.15) is 0 Å². The number of aromatic nitrogens is 2. The van der Waals surface area contributed by atoms with Crippen molar-refractivity contribution in [1.29, 1.82) is 0 Å². The van der Waals surface area contributed by atoms with Crippen LogP contribution < -0.4 is 16.0 Å². The molecule has 0 radical (unpaired) electrons. The molecule has 2 heterocycles. The van der Waals surface area contributed by atoms with Crippen LogP contribution in [0, 0.1) is 11.6 Å². The predicted octanol–water partition coefficient (Wildman–Crippen LogP) is 3.40. The zero-order valence-corrected chi connectivity index (χ0v) is 15.9. The number of nitrogen functional groups attached to an aromatic ring is 1. The molecule has 150 valence electrons. The third-order valence-corrected chi connectivity index (χ3v) is 4.97. The number of benzene rings is 2. The van der Waals surface area contributed by atoms with Crippen molar-refractivity contribution < 1.29 is 8.78 Å². The molecule has 0 unspecified atom stereocenters. The highest BCUT2D eigenvalue weighted by atomic mass is 19.1. The minimum Gasteiger partial charge on any atom is -0.393 e. The van der Waals surface area contributed by atoms with Gasteiger partial charge in [-0.15, -0.1) is 0 Å². The van der Waals surface area contributed by atoms with E-state index in [1.165, 1.54) is 24.0 Å². The summed E-state index contributed by atoms with van der Waals surface area (Å²) in [6, 6.07) is 13.7. The molecule has 0 saturated carbocycles. The lowest BCUT2D eigenvalue weighted by Crippen LogP contribution is -2.46. The van der Waals surface area contributed by atoms with Crippen molar-refractivity contribution in [2.75, 3.05) is 42.1 Å². The van der Waals surface area contributed by atoms with Crippen LogP contribution in [-0.4, -0.2) is 41.0 Å². The van der Waals surface area contributed by atoms with E-state index in [0.29, 0.717) is 17.3 Å². The fourth-order valence-corrected chi connectivity index (χ4v) is 3.42. The normalized spacial score (nSPS) is 14.8. The molecule has 1 saturated heterocycles. The highest BCUT2D eigenvalue weighted by Gasteiger charge is 2.21. The Kier molecular flexibility index (Phi) is 5.53. The van der Waals surface area contributed by atoms with Crippen molar-refractivity contribution in [3.63, 3.8) is 0 Å². The van der Waals surface area contributed by atoms with E-state index in [1.807, 2.05) is 18.2 Å². The lowest BCUT2D eigenvalue weighted by molar-refractivity contribution is 0.249. The Morgan fingerprint density at radius 2 is 1.72 bits per heavy atom. The maximum atomic E-state index is 13.9. The Balaban J connectivity index is 1.44. The SMILES string of the molecule is Nc1c(Nc2ccc(F)cc2F)ncnc1N1CCN(Cc2ccccc2)CC1. The van der Waals surface area contributed by atoms with Crippen molar-refractivity contribution in [3.05, 3.63) is 72.1 Å². The van der Waals surface area contributed by atoms with Gasteiger partial charge in [0.25, 0.3) is 0 Å². The van der Waals surface area contributed by atoms with Crippen LogP contribution in [0.25, 0.3) is 0 Å². The quantitative estimate of drug-likeness (QED) is 0.689. The van der Waals surface area contributed by atoms with Crippen LogP contribution in [0.5, 0.6) is 0 Å². The maximum Gasteiger partial charge on any atom is 0.159 e. The number of piperazine rings is 1. The van der Waals surface area contributed by atoms with E-state index in [1.54, 1.807) is 0 Å². The summed E-state index contributed by atoms with van der Waals surface area (Å²) in [5, 5.41) is 2.83. The van der Waals surface area contributed by atoms with E-state index in [-0.39, 0.29) is 5.69 Å². The van der Waals surface area contributed by atoms with Gasteiger partial charge >= 0.3 is 0 Å². The Labute approximate surface area is 168 Å². The first kappa shape index (κ1) is 19.1. The van der Waals surface area contributed by atoms with E-state index in [2.05, 4.69) is 37.2 Å². The highest BCUT2D eigenvalue weighted by Crippen LogP contribution is 2.30. The molecule has 1 fully saturated rings. The van der Waals surface area contributed by atoms with Crippen molar-refractivity contribution in [2.45, 2.75) is 6.54 Å². The molecule has 3 N–H and O–H groups in total. The molecule has 2 aromatic carbocycles. The number of nitrogens with two attached hydrogens (primary N) is 1. The van der Waals surface area contributed by atoms with Crippen LogP contribution in [0.3, 0.4) is 0 Å². The van der Waals surface area contributed by atoms with Crippen molar-refractivity contribution in [2.24, 2.45) is 0 Å². The number of rotatable bonds is 5. The fraction of sp³-hybridized carbons (Fsp3) is 0.238. The number of halogens is 2. The molecule has 0 spiro atoms. The zero-order valence-electron chi connectivity index (χ0n) is 15.9. The Morgan fingerprint density at radius 1 is 0.966 bits per heavy atom. The van der Waals surface area contributed by atoms with Gasteiger partial charge in [0.05, 0.1) is 5.69 Å². The van der Waals surface area contributed by atoms with Gasteiger partial charge in [-0.3, -0.25) is 4.90 Å². The molecule has 29 heavy (non-hydrogen) atoms. The molecule has 6 nitrogen and oxygen atoms in total. The second-order valence-corrected chi connectivity index (χ2v) is 6.96. The summed E-state index contributed by atoms with van der Waals surface area (Å²) in [6.45, 7) is 4.22. The summed E-state index contributed by atoms with van der Waals surface area (Å²) >= 11 is 0. The molecule has 0 atom stereocenters. The number of hydrogen-bond donors (Lipinski definition) is 2. The largest absolute Gasteiger partial charge is 0.393 e. The van der Waals surface area contributed by atoms with E-state index in [9.17, 15) is 8.78 Å². The molecule has 0 bridgehead atoms. The topological polar surface area (TPSA) is 70.3 Å². The van der Waals surface area contributed by atoms with Gasteiger partial charge in [-0.05, 0) is 17.7 Å². The maximum absolute atomic E-state index is 13.9. The van der Waals surface area contributed by atoms with Crippen LogP contribution in [0.2, 0.25) is 0 Å². The monoisotopic (exact) mass is 396 g/mol. The fourth-order valence-electron chi connectivity index (χ4n) is 3.42. The molecule has 4 rings (SSSR count). The third kappa shape index (κ3) is 4.43. The van der Waals surface area contributed by atoms with Gasteiger partial charge in [0.2, 0.25) is 0 Å². The molecule has 0 aliphatic carbocycles. The minimum absolute atomic E-state index is 0.107. The first-order chi connectivity index (χ1) is 14.1. The van der Waals surface area contributed by atoms with E-state index in [4.69, 9.17) is 5.73 Å². The summed E-state index contributed by atoms with van der Waals surface area (Å²) in [7, 11) is 0. The van der Waals surface area contributed by atoms with Crippen LogP contribution in [0.15, 0.2) is 54.9 Å². The summed E-state index contributed by atoms with van der Waals surface area (Å²) < 4.78 is 27.1. The molecular formula is C21H22F2N6. The minimum atomic E-state index is -0.709. The average Bonchev–Trinajstić information content (AvgIpc) is 2.73. The first-order valence-corrected chi connectivity index (χ1v) is 9.44. The molecule has 1 aliphatic rings.